The molecule has 10 nitrogen and oxygen atoms in total. The molecular formula is C32H35N4O6+. The van der Waals surface area contributed by atoms with Crippen LogP contribution in [0.5, 0.6) is 0 Å². The van der Waals surface area contributed by atoms with Gasteiger partial charge in [0.1, 0.15) is 12.1 Å². The molecule has 5 rings (SSSR count). The quantitative estimate of drug-likeness (QED) is 0.241. The van der Waals surface area contributed by atoms with E-state index in [0.717, 1.165) is 6.42 Å². The summed E-state index contributed by atoms with van der Waals surface area (Å²) in [5.41, 5.74) is 0.865. The number of likely N-dealkylation sites (N-methyl/N-ethyl adjacent to an activating group) is 1. The molecule has 0 amide bonds. The molecule has 0 aliphatic carbocycles. The summed E-state index contributed by atoms with van der Waals surface area (Å²) < 4.78 is 2.00. The predicted molar refractivity (Wildman–Crippen MR) is 163 cm³/mol. The molecule has 1 atom stereocenters. The van der Waals surface area contributed by atoms with Gasteiger partial charge in [0.05, 0.1) is 37.3 Å². The van der Waals surface area contributed by atoms with E-state index in [9.17, 15) is 29.8 Å². The Balaban J connectivity index is 1.65. The normalized spacial score (nSPS) is 18.4. The molecule has 3 aromatic rings. The zero-order valence-electron chi connectivity index (χ0n) is 24.9. The number of fused-ring (bicyclic) bond motifs is 2. The van der Waals surface area contributed by atoms with E-state index in [1.807, 2.05) is 43.2 Å². The van der Waals surface area contributed by atoms with Crippen molar-refractivity contribution in [2.75, 3.05) is 18.5 Å². The van der Waals surface area contributed by atoms with Crippen LogP contribution in [-0.4, -0.2) is 39.8 Å². The van der Waals surface area contributed by atoms with Gasteiger partial charge < -0.3 is 4.90 Å². The van der Waals surface area contributed by atoms with Crippen LogP contribution >= 0.6 is 0 Å². The molecule has 0 saturated heterocycles. The lowest BCUT2D eigenvalue weighted by Gasteiger charge is -2.29. The summed E-state index contributed by atoms with van der Waals surface area (Å²) in [6, 6.07) is 9.45. The molecule has 0 radical (unpaired) electrons. The van der Waals surface area contributed by atoms with Gasteiger partial charge in [-0.2, -0.15) is 4.58 Å². The minimum Gasteiger partial charge on any atom is -0.367 e. The Morgan fingerprint density at radius 2 is 1.50 bits per heavy atom. The summed E-state index contributed by atoms with van der Waals surface area (Å²) in [6.07, 6.45) is 4.05. The molecule has 2 aliphatic heterocycles. The second kappa shape index (κ2) is 9.82. The second-order valence-electron chi connectivity index (χ2n) is 12.8. The molecule has 0 bridgehead atoms. The molecule has 0 fully saturated rings. The molecule has 1 unspecified atom stereocenters. The summed E-state index contributed by atoms with van der Waals surface area (Å²) in [5, 5.41) is 23.8. The predicted octanol–water partition coefficient (Wildman–Crippen LogP) is 3.58. The van der Waals surface area contributed by atoms with E-state index in [1.54, 1.807) is 37.4 Å². The highest BCUT2D eigenvalue weighted by molar-refractivity contribution is 6.16. The largest absolute Gasteiger partial charge is 0.367 e. The number of anilines is 1. The third-order valence-electron chi connectivity index (χ3n) is 8.98. The third-order valence-corrected chi connectivity index (χ3v) is 8.98. The lowest BCUT2D eigenvalue weighted by Crippen LogP contribution is -2.66. The first-order chi connectivity index (χ1) is 19.6. The minimum absolute atomic E-state index is 0.00658. The fraction of sp³-hybridized carbons (Fsp3) is 0.406. The molecule has 0 N–H and O–H groups in total. The summed E-state index contributed by atoms with van der Waals surface area (Å²) in [5.74, 6) is 0.373. The number of nitro groups is 2. The summed E-state index contributed by atoms with van der Waals surface area (Å²) in [7, 11) is 1.80. The van der Waals surface area contributed by atoms with Crippen molar-refractivity contribution >= 4 is 40.6 Å². The van der Waals surface area contributed by atoms with Gasteiger partial charge >= 0.3 is 0 Å². The highest BCUT2D eigenvalue weighted by atomic mass is 16.6. The Morgan fingerprint density at radius 3 is 2.07 bits per heavy atom. The average Bonchev–Trinajstić information content (AvgIpc) is 3.26. The van der Waals surface area contributed by atoms with E-state index >= 15 is 0 Å². The van der Waals surface area contributed by atoms with Gasteiger partial charge in [-0.15, -0.1) is 0 Å². The van der Waals surface area contributed by atoms with Crippen molar-refractivity contribution in [3.63, 3.8) is 0 Å². The number of hydrogen-bond acceptors (Lipinski definition) is 7. The number of nitrogens with zero attached hydrogens (tertiary/aromatic N) is 4. The van der Waals surface area contributed by atoms with E-state index in [2.05, 4.69) is 13.8 Å². The molecule has 2 aliphatic rings. The van der Waals surface area contributed by atoms with Crippen LogP contribution in [0.4, 0.5) is 22.7 Å². The molecule has 0 aromatic heterocycles. The molecular weight excluding hydrogens is 536 g/mol. The van der Waals surface area contributed by atoms with Crippen molar-refractivity contribution in [1.29, 1.82) is 0 Å². The van der Waals surface area contributed by atoms with Gasteiger partial charge in [-0.3, -0.25) is 29.8 Å². The van der Waals surface area contributed by atoms with Crippen molar-refractivity contribution in [3.05, 3.63) is 98.6 Å². The molecule has 0 saturated carbocycles. The Hall–Kier alpha value is -4.47. The van der Waals surface area contributed by atoms with Crippen LogP contribution in [0, 0.1) is 26.1 Å². The van der Waals surface area contributed by atoms with Gasteiger partial charge in [0, 0.05) is 48.8 Å². The summed E-state index contributed by atoms with van der Waals surface area (Å²) in [4.78, 5) is 51.9. The smallest absolute Gasteiger partial charge is 0.280 e. The van der Waals surface area contributed by atoms with Crippen LogP contribution in [0.15, 0.2) is 46.0 Å². The van der Waals surface area contributed by atoms with E-state index in [0.29, 0.717) is 40.7 Å². The monoisotopic (exact) mass is 571 g/mol. The minimum atomic E-state index is -0.822. The van der Waals surface area contributed by atoms with Gasteiger partial charge in [-0.1, -0.05) is 33.8 Å². The number of nitro benzene ring substituents is 2. The summed E-state index contributed by atoms with van der Waals surface area (Å²) >= 11 is 0. The van der Waals surface area contributed by atoms with Gasteiger partial charge in [0.2, 0.25) is 16.5 Å². The zero-order valence-corrected chi connectivity index (χ0v) is 24.9. The molecule has 10 heteroatoms. The fourth-order valence-corrected chi connectivity index (χ4v) is 6.77. The van der Waals surface area contributed by atoms with Crippen molar-refractivity contribution in [2.24, 2.45) is 5.92 Å². The van der Waals surface area contributed by atoms with Gasteiger partial charge in [-0.05, 0) is 38.0 Å². The number of rotatable bonds is 7. The fourth-order valence-electron chi connectivity index (χ4n) is 6.77. The highest BCUT2D eigenvalue weighted by Gasteiger charge is 2.50. The van der Waals surface area contributed by atoms with Gasteiger partial charge in [0.25, 0.3) is 11.4 Å². The molecule has 218 valence electrons. The van der Waals surface area contributed by atoms with Crippen molar-refractivity contribution in [1.82, 2.24) is 0 Å². The van der Waals surface area contributed by atoms with Gasteiger partial charge in [0.15, 0.2) is 5.71 Å². The topological polar surface area (TPSA) is 127 Å². The first-order valence-electron chi connectivity index (χ1n) is 14.1. The summed E-state index contributed by atoms with van der Waals surface area (Å²) in [6.45, 7) is 12.3. The van der Waals surface area contributed by atoms with E-state index in [1.165, 1.54) is 12.1 Å². The SMILES string of the molecule is CC(C)CC[N+]1=C(C=c2c(=O)c(=CC3N(C)c4cccc([N+](=O)[O-])c4C3(C)C)c2=O)C(C)(C)c2c([N+](=O)[O-])cccc21. The molecule has 42 heavy (non-hydrogen) atoms. The first kappa shape index (κ1) is 29.0. The Bertz CT molecular complexity index is 1860. The zero-order chi connectivity index (χ0) is 30.9. The van der Waals surface area contributed by atoms with Gasteiger partial charge in [-0.25, -0.2) is 0 Å². The maximum atomic E-state index is 13.5. The average molecular weight is 572 g/mol. The van der Waals surface area contributed by atoms with Crippen LogP contribution in [0.3, 0.4) is 0 Å². The third kappa shape index (κ3) is 4.19. The Morgan fingerprint density at radius 1 is 0.929 bits per heavy atom. The number of benzene rings is 2. The lowest BCUT2D eigenvalue weighted by atomic mass is 9.79. The second-order valence-corrected chi connectivity index (χ2v) is 12.8. The number of hydrogen-bond donors (Lipinski definition) is 0. The van der Waals surface area contributed by atoms with E-state index in [4.69, 9.17) is 0 Å². The van der Waals surface area contributed by atoms with E-state index in [-0.39, 0.29) is 26.7 Å². The van der Waals surface area contributed by atoms with Crippen molar-refractivity contribution < 1.29 is 14.4 Å². The van der Waals surface area contributed by atoms with Crippen LogP contribution in [0.25, 0.3) is 12.2 Å². The highest BCUT2D eigenvalue weighted by Crippen LogP contribution is 2.49. The van der Waals surface area contributed by atoms with Crippen molar-refractivity contribution in [2.45, 2.75) is 64.8 Å². The van der Waals surface area contributed by atoms with E-state index < -0.39 is 32.7 Å². The van der Waals surface area contributed by atoms with Crippen molar-refractivity contribution in [3.8, 4) is 0 Å². The van der Waals surface area contributed by atoms with Crippen LogP contribution in [0.1, 0.15) is 59.1 Å². The molecule has 2 heterocycles. The molecule has 0 spiro atoms. The molecule has 3 aromatic carbocycles. The standard InChI is InChI=1S/C32H35N4O6/c1-18(2)14-15-34-22-11-9-13-24(36(41)42)28(22)32(5,6)26(34)17-20-29(37)19(30(20)38)16-25-31(3,4)27-21(33(25)7)10-8-12-23(27)35(39)40/h8-13,16-18,25H,14-15H2,1-7H3/q+1. The maximum absolute atomic E-state index is 13.5. The Kier molecular flexibility index (Phi) is 6.79. The lowest BCUT2D eigenvalue weighted by molar-refractivity contribution is -0.439. The first-order valence-corrected chi connectivity index (χ1v) is 14.1. The maximum Gasteiger partial charge on any atom is 0.280 e. The van der Waals surface area contributed by atoms with Crippen LogP contribution in [0.2, 0.25) is 0 Å². The van der Waals surface area contributed by atoms with Crippen LogP contribution < -0.4 is 26.2 Å². The Labute approximate surface area is 242 Å². The van der Waals surface area contributed by atoms with Crippen LogP contribution in [-0.2, 0) is 10.8 Å².